The van der Waals surface area contributed by atoms with Crippen molar-refractivity contribution < 1.29 is 8.42 Å². The third-order valence-electron chi connectivity index (χ3n) is 2.66. The van der Waals surface area contributed by atoms with Crippen molar-refractivity contribution >= 4 is 9.84 Å². The highest BCUT2D eigenvalue weighted by Crippen LogP contribution is 2.26. The maximum atomic E-state index is 12.1. The maximum absolute atomic E-state index is 12.1. The van der Waals surface area contributed by atoms with Gasteiger partial charge in [-0.3, -0.25) is 0 Å². The molecule has 4 heteroatoms. The van der Waals surface area contributed by atoms with Crippen LogP contribution in [0.2, 0.25) is 0 Å². The lowest BCUT2D eigenvalue weighted by atomic mass is 10.1. The van der Waals surface area contributed by atoms with Crippen LogP contribution in [0.15, 0.2) is 30.3 Å². The average Bonchev–Trinajstić information content (AvgIpc) is 2.34. The number of sulfone groups is 1. The number of hydrogen-bond acceptors (Lipinski definition) is 3. The van der Waals surface area contributed by atoms with E-state index >= 15 is 0 Å². The summed E-state index contributed by atoms with van der Waals surface area (Å²) in [7, 11) is -3.22. The van der Waals surface area contributed by atoms with Crippen LogP contribution < -0.4 is 0 Å². The van der Waals surface area contributed by atoms with Crippen LogP contribution in [0.25, 0.3) is 0 Å². The molecule has 0 N–H and O–H groups in total. The molecule has 0 aliphatic carbocycles. The predicted molar refractivity (Wildman–Crippen MR) is 68.1 cm³/mol. The van der Waals surface area contributed by atoms with Gasteiger partial charge < -0.3 is 0 Å². The molecule has 0 amide bonds. The summed E-state index contributed by atoms with van der Waals surface area (Å²) in [5.74, 6) is 0.157. The Labute approximate surface area is 103 Å². The molecule has 17 heavy (non-hydrogen) atoms. The van der Waals surface area contributed by atoms with E-state index in [9.17, 15) is 8.42 Å². The molecule has 0 saturated heterocycles. The Morgan fingerprint density at radius 1 is 1.29 bits per heavy atom. The van der Waals surface area contributed by atoms with Gasteiger partial charge in [-0.2, -0.15) is 5.26 Å². The second kappa shape index (κ2) is 6.41. The van der Waals surface area contributed by atoms with Gasteiger partial charge in [0.15, 0.2) is 9.84 Å². The molecule has 1 unspecified atom stereocenters. The Hall–Kier alpha value is -1.34. The zero-order valence-corrected chi connectivity index (χ0v) is 10.8. The van der Waals surface area contributed by atoms with Gasteiger partial charge in [-0.1, -0.05) is 43.7 Å². The minimum absolute atomic E-state index is 0.0239. The molecule has 0 bridgehead atoms. The molecule has 0 radical (unpaired) electrons. The second-order valence-corrected chi connectivity index (χ2v) is 6.29. The van der Waals surface area contributed by atoms with Gasteiger partial charge in [0.2, 0.25) is 0 Å². The largest absolute Gasteiger partial charge is 0.228 e. The van der Waals surface area contributed by atoms with E-state index in [4.69, 9.17) is 5.26 Å². The van der Waals surface area contributed by atoms with Crippen molar-refractivity contribution in [2.45, 2.75) is 31.4 Å². The van der Waals surface area contributed by atoms with E-state index in [1.807, 2.05) is 19.1 Å². The second-order valence-electron chi connectivity index (χ2n) is 3.98. The lowest BCUT2D eigenvalue weighted by Crippen LogP contribution is -2.16. The predicted octanol–water partition coefficient (Wildman–Crippen LogP) is 2.86. The SMILES string of the molecule is CCCCS(=O)(=O)C(CC#N)c1ccccc1. The van der Waals surface area contributed by atoms with E-state index in [0.29, 0.717) is 12.0 Å². The van der Waals surface area contributed by atoms with Gasteiger partial charge in [0.05, 0.1) is 23.5 Å². The minimum Gasteiger partial charge on any atom is -0.228 e. The lowest BCUT2D eigenvalue weighted by Gasteiger charge is -2.14. The molecule has 0 fully saturated rings. The minimum atomic E-state index is -3.22. The lowest BCUT2D eigenvalue weighted by molar-refractivity contribution is 0.579. The van der Waals surface area contributed by atoms with Gasteiger partial charge in [-0.15, -0.1) is 0 Å². The van der Waals surface area contributed by atoms with Crippen LogP contribution >= 0.6 is 0 Å². The van der Waals surface area contributed by atoms with Crippen LogP contribution in [0.3, 0.4) is 0 Å². The number of nitriles is 1. The van der Waals surface area contributed by atoms with Crippen LogP contribution in [0.4, 0.5) is 0 Å². The van der Waals surface area contributed by atoms with Crippen molar-refractivity contribution in [2.75, 3.05) is 5.75 Å². The van der Waals surface area contributed by atoms with Crippen molar-refractivity contribution in [3.05, 3.63) is 35.9 Å². The number of rotatable bonds is 6. The van der Waals surface area contributed by atoms with Crippen LogP contribution in [-0.4, -0.2) is 14.2 Å². The summed E-state index contributed by atoms with van der Waals surface area (Å²) in [4.78, 5) is 0. The van der Waals surface area contributed by atoms with E-state index in [2.05, 4.69) is 0 Å². The summed E-state index contributed by atoms with van der Waals surface area (Å²) in [5, 5.41) is 8.09. The molecule has 0 saturated carbocycles. The average molecular weight is 251 g/mol. The van der Waals surface area contributed by atoms with Crippen molar-refractivity contribution in [3.63, 3.8) is 0 Å². The topological polar surface area (TPSA) is 57.9 Å². The molecule has 0 aliphatic rings. The Balaban J connectivity index is 2.98. The van der Waals surface area contributed by atoms with Crippen molar-refractivity contribution in [2.24, 2.45) is 0 Å². The summed E-state index contributed by atoms with van der Waals surface area (Å²) in [6.45, 7) is 1.96. The van der Waals surface area contributed by atoms with E-state index in [1.54, 1.807) is 24.3 Å². The highest BCUT2D eigenvalue weighted by molar-refractivity contribution is 7.91. The quantitative estimate of drug-likeness (QED) is 0.781. The maximum Gasteiger partial charge on any atom is 0.158 e. The van der Waals surface area contributed by atoms with E-state index in [1.165, 1.54) is 0 Å². The van der Waals surface area contributed by atoms with Crippen LogP contribution in [-0.2, 0) is 9.84 Å². The standard InChI is InChI=1S/C13H17NO2S/c1-2-3-11-17(15,16)13(9-10-14)12-7-5-4-6-8-12/h4-8,13H,2-3,9,11H2,1H3. The summed E-state index contributed by atoms with van der Waals surface area (Å²) in [6.07, 6.45) is 1.51. The van der Waals surface area contributed by atoms with Crippen LogP contribution in [0, 0.1) is 11.3 Å². The van der Waals surface area contributed by atoms with Crippen LogP contribution in [0.5, 0.6) is 0 Å². The summed E-state index contributed by atoms with van der Waals surface area (Å²) < 4.78 is 24.3. The van der Waals surface area contributed by atoms with Gasteiger partial charge in [-0.25, -0.2) is 8.42 Å². The first-order chi connectivity index (χ1) is 8.11. The van der Waals surface area contributed by atoms with E-state index in [0.717, 1.165) is 6.42 Å². The first-order valence-electron chi connectivity index (χ1n) is 5.75. The fourth-order valence-electron chi connectivity index (χ4n) is 1.69. The highest BCUT2D eigenvalue weighted by Gasteiger charge is 2.26. The normalized spacial score (nSPS) is 12.9. The Morgan fingerprint density at radius 2 is 1.94 bits per heavy atom. The molecule has 1 rings (SSSR count). The smallest absolute Gasteiger partial charge is 0.158 e. The first kappa shape index (κ1) is 13.7. The van der Waals surface area contributed by atoms with E-state index < -0.39 is 15.1 Å². The first-order valence-corrected chi connectivity index (χ1v) is 7.47. The molecule has 92 valence electrons. The Bertz CT molecular complexity index is 474. The molecule has 3 nitrogen and oxygen atoms in total. The van der Waals surface area contributed by atoms with Gasteiger partial charge in [-0.05, 0) is 12.0 Å². The molecule has 0 heterocycles. The Morgan fingerprint density at radius 3 is 2.47 bits per heavy atom. The Kier molecular flexibility index (Phi) is 5.17. The molecule has 1 atom stereocenters. The number of benzene rings is 1. The molecule has 0 spiro atoms. The summed E-state index contributed by atoms with van der Waals surface area (Å²) in [5.41, 5.74) is 0.713. The number of hydrogen-bond donors (Lipinski definition) is 0. The molecule has 0 aliphatic heterocycles. The molecule has 0 aromatic heterocycles. The van der Waals surface area contributed by atoms with Crippen molar-refractivity contribution in [3.8, 4) is 6.07 Å². The molecular formula is C13H17NO2S. The zero-order valence-electron chi connectivity index (χ0n) is 9.96. The zero-order chi connectivity index (χ0) is 12.7. The van der Waals surface area contributed by atoms with Crippen LogP contribution in [0.1, 0.15) is 37.0 Å². The fourth-order valence-corrected chi connectivity index (χ4v) is 3.57. The van der Waals surface area contributed by atoms with Gasteiger partial charge in [0.1, 0.15) is 0 Å². The molecular weight excluding hydrogens is 234 g/mol. The van der Waals surface area contributed by atoms with Crippen molar-refractivity contribution in [1.82, 2.24) is 0 Å². The van der Waals surface area contributed by atoms with Gasteiger partial charge in [0.25, 0.3) is 0 Å². The molecule has 1 aromatic carbocycles. The fraction of sp³-hybridized carbons (Fsp3) is 0.462. The number of nitrogens with zero attached hydrogens (tertiary/aromatic N) is 1. The van der Waals surface area contributed by atoms with Gasteiger partial charge in [0, 0.05) is 0 Å². The monoisotopic (exact) mass is 251 g/mol. The van der Waals surface area contributed by atoms with Gasteiger partial charge >= 0.3 is 0 Å². The highest BCUT2D eigenvalue weighted by atomic mass is 32.2. The molecule has 1 aromatic rings. The summed E-state index contributed by atoms with van der Waals surface area (Å²) in [6, 6.07) is 10.9. The van der Waals surface area contributed by atoms with Crippen molar-refractivity contribution in [1.29, 1.82) is 5.26 Å². The third kappa shape index (κ3) is 3.86. The summed E-state index contributed by atoms with van der Waals surface area (Å²) >= 11 is 0. The number of unbranched alkanes of at least 4 members (excludes halogenated alkanes) is 1. The van der Waals surface area contributed by atoms with E-state index in [-0.39, 0.29) is 12.2 Å². The third-order valence-corrected chi connectivity index (χ3v) is 4.83.